The number of fused-ring (bicyclic) bond motifs is 3. The second-order valence-corrected chi connectivity index (χ2v) is 3.85. The van der Waals surface area contributed by atoms with Gasteiger partial charge in [-0.2, -0.15) is 0 Å². The number of aromatic nitrogens is 1. The average molecular weight is 171 g/mol. The minimum absolute atomic E-state index is 1.26. The third-order valence-electron chi connectivity index (χ3n) is 3.06. The van der Waals surface area contributed by atoms with E-state index >= 15 is 0 Å². The molecule has 0 amide bonds. The Balaban J connectivity index is 2.34. The van der Waals surface area contributed by atoms with E-state index in [0.29, 0.717) is 0 Å². The van der Waals surface area contributed by atoms with Crippen molar-refractivity contribution in [3.8, 4) is 0 Å². The molecule has 1 aromatic carbocycles. The molecule has 0 aliphatic heterocycles. The molecule has 0 atom stereocenters. The summed E-state index contributed by atoms with van der Waals surface area (Å²) < 4.78 is 0. The number of hydrogen-bond donors (Lipinski definition) is 1. The van der Waals surface area contributed by atoms with Crippen LogP contribution in [0.4, 0.5) is 0 Å². The fraction of sp³-hybridized carbons (Fsp3) is 0.333. The van der Waals surface area contributed by atoms with E-state index in [1.54, 1.807) is 11.1 Å². The lowest BCUT2D eigenvalue weighted by Crippen LogP contribution is -2.02. The Morgan fingerprint density at radius 2 is 1.92 bits per heavy atom. The van der Waals surface area contributed by atoms with E-state index < -0.39 is 0 Å². The molecule has 1 heterocycles. The second kappa shape index (κ2) is 2.63. The number of benzene rings is 1. The van der Waals surface area contributed by atoms with Crippen LogP contribution in [0.5, 0.6) is 0 Å². The third-order valence-corrected chi connectivity index (χ3v) is 3.06. The van der Waals surface area contributed by atoms with Crippen LogP contribution >= 0.6 is 0 Å². The maximum atomic E-state index is 3.35. The minimum atomic E-state index is 1.26. The van der Waals surface area contributed by atoms with Crippen LogP contribution in [0.2, 0.25) is 0 Å². The minimum Gasteiger partial charge on any atom is -0.361 e. The monoisotopic (exact) mass is 171 g/mol. The fourth-order valence-corrected chi connectivity index (χ4v) is 2.37. The molecule has 1 aromatic heterocycles. The molecule has 66 valence electrons. The summed E-state index contributed by atoms with van der Waals surface area (Å²) in [6.07, 6.45) is 7.28. The van der Waals surface area contributed by atoms with Gasteiger partial charge >= 0.3 is 0 Å². The largest absolute Gasteiger partial charge is 0.361 e. The Morgan fingerprint density at radius 3 is 2.92 bits per heavy atom. The van der Waals surface area contributed by atoms with Gasteiger partial charge in [0.1, 0.15) is 0 Å². The first-order valence-corrected chi connectivity index (χ1v) is 5.03. The van der Waals surface area contributed by atoms with E-state index in [1.165, 1.54) is 36.6 Å². The van der Waals surface area contributed by atoms with Gasteiger partial charge in [0.2, 0.25) is 0 Å². The zero-order valence-corrected chi connectivity index (χ0v) is 7.64. The molecule has 1 aliphatic rings. The SMILES string of the molecule is c1cc2ccc3c(c2[nH]1)CCCC3. The quantitative estimate of drug-likeness (QED) is 0.627. The van der Waals surface area contributed by atoms with Crippen molar-refractivity contribution in [1.82, 2.24) is 4.98 Å². The van der Waals surface area contributed by atoms with Crippen LogP contribution in [-0.4, -0.2) is 4.98 Å². The van der Waals surface area contributed by atoms with E-state index in [4.69, 9.17) is 0 Å². The lowest BCUT2D eigenvalue weighted by atomic mass is 9.90. The van der Waals surface area contributed by atoms with Gasteiger partial charge in [0.05, 0.1) is 0 Å². The summed E-state index contributed by atoms with van der Waals surface area (Å²) in [6, 6.07) is 6.69. The molecule has 0 unspecified atom stereocenters. The van der Waals surface area contributed by atoms with Crippen LogP contribution < -0.4 is 0 Å². The van der Waals surface area contributed by atoms with Gasteiger partial charge in [0.15, 0.2) is 0 Å². The van der Waals surface area contributed by atoms with Crippen LogP contribution in [-0.2, 0) is 12.8 Å². The van der Waals surface area contributed by atoms with Crippen LogP contribution in [0.1, 0.15) is 24.0 Å². The predicted octanol–water partition coefficient (Wildman–Crippen LogP) is 3.05. The van der Waals surface area contributed by atoms with Gasteiger partial charge in [-0.25, -0.2) is 0 Å². The number of nitrogens with one attached hydrogen (secondary N) is 1. The molecule has 0 bridgehead atoms. The molecule has 0 saturated carbocycles. The highest BCUT2D eigenvalue weighted by Gasteiger charge is 2.12. The van der Waals surface area contributed by atoms with Crippen LogP contribution in [0.15, 0.2) is 24.4 Å². The van der Waals surface area contributed by atoms with E-state index in [2.05, 4.69) is 23.2 Å². The van der Waals surface area contributed by atoms with Gasteiger partial charge in [0.25, 0.3) is 0 Å². The number of rotatable bonds is 0. The summed E-state index contributed by atoms with van der Waals surface area (Å²) in [6.45, 7) is 0. The molecule has 0 saturated heterocycles. The first-order chi connectivity index (χ1) is 6.45. The molecule has 3 rings (SSSR count). The van der Waals surface area contributed by atoms with Crippen LogP contribution in [0.3, 0.4) is 0 Å². The Labute approximate surface area is 77.8 Å². The molecular formula is C12H13N. The van der Waals surface area contributed by atoms with E-state index in [-0.39, 0.29) is 0 Å². The zero-order valence-electron chi connectivity index (χ0n) is 7.64. The van der Waals surface area contributed by atoms with Gasteiger partial charge in [-0.15, -0.1) is 0 Å². The zero-order chi connectivity index (χ0) is 8.67. The van der Waals surface area contributed by atoms with Crippen LogP contribution in [0, 0.1) is 0 Å². The first kappa shape index (κ1) is 7.19. The van der Waals surface area contributed by atoms with Gasteiger partial charge in [-0.05, 0) is 48.3 Å². The molecule has 13 heavy (non-hydrogen) atoms. The fourth-order valence-electron chi connectivity index (χ4n) is 2.37. The summed E-state index contributed by atoms with van der Waals surface area (Å²) in [4.78, 5) is 3.35. The van der Waals surface area contributed by atoms with Crippen molar-refractivity contribution in [3.05, 3.63) is 35.5 Å². The lowest BCUT2D eigenvalue weighted by Gasteiger charge is -2.15. The number of H-pyrrole nitrogens is 1. The summed E-state index contributed by atoms with van der Waals surface area (Å²) in [5.41, 5.74) is 4.49. The Kier molecular flexibility index (Phi) is 1.45. The molecule has 0 radical (unpaired) electrons. The maximum Gasteiger partial charge on any atom is 0.0489 e. The molecule has 0 fully saturated rings. The first-order valence-electron chi connectivity index (χ1n) is 5.03. The molecule has 0 spiro atoms. The average Bonchev–Trinajstić information content (AvgIpc) is 2.65. The van der Waals surface area contributed by atoms with E-state index in [9.17, 15) is 0 Å². The molecule has 2 aromatic rings. The summed E-state index contributed by atoms with van der Waals surface area (Å²) >= 11 is 0. The van der Waals surface area contributed by atoms with E-state index in [1.807, 2.05) is 6.20 Å². The van der Waals surface area contributed by atoms with Crippen molar-refractivity contribution < 1.29 is 0 Å². The summed E-state index contributed by atoms with van der Waals surface area (Å²) in [7, 11) is 0. The van der Waals surface area contributed by atoms with Crippen molar-refractivity contribution >= 4 is 10.9 Å². The maximum absolute atomic E-state index is 3.35. The Morgan fingerprint density at radius 1 is 1.00 bits per heavy atom. The van der Waals surface area contributed by atoms with Crippen molar-refractivity contribution in [2.75, 3.05) is 0 Å². The summed E-state index contributed by atoms with van der Waals surface area (Å²) in [5, 5.41) is 1.36. The third kappa shape index (κ3) is 0.998. The Hall–Kier alpha value is -1.24. The topological polar surface area (TPSA) is 15.8 Å². The molecule has 1 heteroatoms. The van der Waals surface area contributed by atoms with Crippen molar-refractivity contribution in [1.29, 1.82) is 0 Å². The highest BCUT2D eigenvalue weighted by atomic mass is 14.7. The highest BCUT2D eigenvalue weighted by molar-refractivity contribution is 5.83. The second-order valence-electron chi connectivity index (χ2n) is 3.85. The van der Waals surface area contributed by atoms with Gasteiger partial charge in [0, 0.05) is 11.7 Å². The van der Waals surface area contributed by atoms with Gasteiger partial charge in [-0.1, -0.05) is 12.1 Å². The number of aryl methyl sites for hydroxylation is 2. The molecule has 1 aliphatic carbocycles. The van der Waals surface area contributed by atoms with E-state index in [0.717, 1.165) is 0 Å². The lowest BCUT2D eigenvalue weighted by molar-refractivity contribution is 0.689. The van der Waals surface area contributed by atoms with Gasteiger partial charge < -0.3 is 4.98 Å². The number of hydrogen-bond acceptors (Lipinski definition) is 0. The normalized spacial score (nSPS) is 16.0. The smallest absolute Gasteiger partial charge is 0.0489 e. The Bertz CT molecular complexity index is 439. The highest BCUT2D eigenvalue weighted by Crippen LogP contribution is 2.27. The van der Waals surface area contributed by atoms with Gasteiger partial charge in [-0.3, -0.25) is 0 Å². The number of aromatic amines is 1. The molecule has 1 N–H and O–H groups in total. The van der Waals surface area contributed by atoms with Crippen molar-refractivity contribution in [3.63, 3.8) is 0 Å². The van der Waals surface area contributed by atoms with Crippen molar-refractivity contribution in [2.45, 2.75) is 25.7 Å². The predicted molar refractivity (Wildman–Crippen MR) is 54.9 cm³/mol. The molecular weight excluding hydrogens is 158 g/mol. The summed E-state index contributed by atoms with van der Waals surface area (Å²) in [5.74, 6) is 0. The van der Waals surface area contributed by atoms with Crippen molar-refractivity contribution in [2.24, 2.45) is 0 Å². The molecule has 1 nitrogen and oxygen atoms in total. The standard InChI is InChI=1S/C12H13N/c1-2-4-11-9(3-1)5-6-10-7-8-13-12(10)11/h5-8,13H,1-4H2. The van der Waals surface area contributed by atoms with Crippen LogP contribution in [0.25, 0.3) is 10.9 Å².